The van der Waals surface area contributed by atoms with Gasteiger partial charge in [0.25, 0.3) is 5.91 Å². The second-order valence-electron chi connectivity index (χ2n) is 3.56. The van der Waals surface area contributed by atoms with Gasteiger partial charge in [-0.1, -0.05) is 6.92 Å². The highest BCUT2D eigenvalue weighted by Crippen LogP contribution is 2.21. The molecular formula is C10H13F3N2OS. The van der Waals surface area contributed by atoms with E-state index in [0.29, 0.717) is 11.3 Å². The van der Waals surface area contributed by atoms with E-state index in [2.05, 4.69) is 4.98 Å². The Hall–Kier alpha value is -1.11. The number of aryl methyl sites for hydroxylation is 1. The summed E-state index contributed by atoms with van der Waals surface area (Å²) in [6, 6.07) is 0. The summed E-state index contributed by atoms with van der Waals surface area (Å²) in [5.74, 6) is -0.411. The molecule has 0 atom stereocenters. The zero-order valence-corrected chi connectivity index (χ0v) is 10.4. The van der Waals surface area contributed by atoms with Crippen LogP contribution in [0.25, 0.3) is 0 Å². The Morgan fingerprint density at radius 1 is 1.53 bits per heavy atom. The van der Waals surface area contributed by atoms with Crippen molar-refractivity contribution in [3.8, 4) is 0 Å². The molecule has 7 heteroatoms. The van der Waals surface area contributed by atoms with Crippen molar-refractivity contribution in [2.45, 2.75) is 25.9 Å². The number of amides is 1. The number of hydrogen-bond donors (Lipinski definition) is 0. The van der Waals surface area contributed by atoms with Crippen LogP contribution in [-0.2, 0) is 6.42 Å². The summed E-state index contributed by atoms with van der Waals surface area (Å²) in [5, 5.41) is 0.803. The Labute approximate surface area is 101 Å². The molecule has 1 aromatic rings. The summed E-state index contributed by atoms with van der Waals surface area (Å²) in [4.78, 5) is 17.2. The molecule has 17 heavy (non-hydrogen) atoms. The van der Waals surface area contributed by atoms with Gasteiger partial charge in [-0.2, -0.15) is 13.2 Å². The van der Waals surface area contributed by atoms with Gasteiger partial charge in [-0.25, -0.2) is 4.98 Å². The maximum Gasteiger partial charge on any atom is 0.390 e. The van der Waals surface area contributed by atoms with Crippen molar-refractivity contribution in [2.75, 3.05) is 13.6 Å². The first kappa shape index (κ1) is 14.0. The lowest BCUT2D eigenvalue weighted by Gasteiger charge is -2.16. The van der Waals surface area contributed by atoms with Crippen molar-refractivity contribution >= 4 is 17.2 Å². The quantitative estimate of drug-likeness (QED) is 0.839. The minimum absolute atomic E-state index is 0.332. The maximum absolute atomic E-state index is 12.0. The van der Waals surface area contributed by atoms with Crippen LogP contribution in [0.1, 0.15) is 28.0 Å². The molecule has 0 bridgehead atoms. The van der Waals surface area contributed by atoms with Gasteiger partial charge < -0.3 is 4.90 Å². The molecular weight excluding hydrogens is 253 g/mol. The van der Waals surface area contributed by atoms with E-state index < -0.39 is 18.5 Å². The fourth-order valence-electron chi connectivity index (χ4n) is 1.16. The highest BCUT2D eigenvalue weighted by molar-refractivity contribution is 7.13. The third-order valence-electron chi connectivity index (χ3n) is 2.14. The Bertz CT molecular complexity index is 389. The van der Waals surface area contributed by atoms with Crippen LogP contribution in [0, 0.1) is 0 Å². The van der Waals surface area contributed by atoms with E-state index >= 15 is 0 Å². The zero-order chi connectivity index (χ0) is 13.1. The average molecular weight is 266 g/mol. The molecule has 1 heterocycles. The fraction of sp³-hybridized carbons (Fsp3) is 0.600. The lowest BCUT2D eigenvalue weighted by atomic mass is 10.3. The summed E-state index contributed by atoms with van der Waals surface area (Å²) in [7, 11) is 1.36. The molecule has 0 aliphatic carbocycles. The SMILES string of the molecule is CCc1ncc(C(=O)N(C)CCC(F)(F)F)s1. The Kier molecular flexibility index (Phi) is 4.50. The summed E-state index contributed by atoms with van der Waals surface area (Å²) >= 11 is 1.22. The number of carbonyl (C=O) groups excluding carboxylic acids is 1. The topological polar surface area (TPSA) is 33.2 Å². The second kappa shape index (κ2) is 5.48. The zero-order valence-electron chi connectivity index (χ0n) is 9.54. The van der Waals surface area contributed by atoms with E-state index in [1.54, 1.807) is 0 Å². The summed E-state index contributed by atoms with van der Waals surface area (Å²) in [6.45, 7) is 1.57. The van der Waals surface area contributed by atoms with E-state index in [1.165, 1.54) is 24.6 Å². The van der Waals surface area contributed by atoms with E-state index in [0.717, 1.165) is 9.91 Å². The minimum atomic E-state index is -4.24. The molecule has 0 unspecified atom stereocenters. The molecule has 3 nitrogen and oxygen atoms in total. The van der Waals surface area contributed by atoms with E-state index in [9.17, 15) is 18.0 Å². The monoisotopic (exact) mass is 266 g/mol. The molecule has 1 amide bonds. The fourth-order valence-corrected chi connectivity index (χ4v) is 2.01. The number of hydrogen-bond acceptors (Lipinski definition) is 3. The normalized spacial score (nSPS) is 11.6. The van der Waals surface area contributed by atoms with Gasteiger partial charge in [-0.05, 0) is 6.42 Å². The van der Waals surface area contributed by atoms with Gasteiger partial charge >= 0.3 is 6.18 Å². The van der Waals surface area contributed by atoms with Crippen molar-refractivity contribution in [3.63, 3.8) is 0 Å². The molecule has 0 saturated carbocycles. The number of thiazole rings is 1. The van der Waals surface area contributed by atoms with Crippen molar-refractivity contribution in [3.05, 3.63) is 16.1 Å². The first-order chi connectivity index (χ1) is 7.83. The third-order valence-corrected chi connectivity index (χ3v) is 3.27. The summed E-state index contributed by atoms with van der Waals surface area (Å²) in [6.07, 6.45) is -3.11. The van der Waals surface area contributed by atoms with Gasteiger partial charge in [0.2, 0.25) is 0 Å². The van der Waals surface area contributed by atoms with Gasteiger partial charge in [-0.15, -0.1) is 11.3 Å². The van der Waals surface area contributed by atoms with Gasteiger partial charge in [0, 0.05) is 13.6 Å². The lowest BCUT2D eigenvalue weighted by Crippen LogP contribution is -2.30. The predicted octanol–water partition coefficient (Wildman–Crippen LogP) is 2.73. The lowest BCUT2D eigenvalue weighted by molar-refractivity contribution is -0.136. The standard InChI is InChI=1S/C10H13F3N2OS/c1-3-8-14-6-7(17-8)9(16)15(2)5-4-10(11,12)13/h6H,3-5H2,1-2H3. The third kappa shape index (κ3) is 4.33. The van der Waals surface area contributed by atoms with Crippen LogP contribution in [-0.4, -0.2) is 35.6 Å². The van der Waals surface area contributed by atoms with Crippen molar-refractivity contribution in [1.29, 1.82) is 0 Å². The van der Waals surface area contributed by atoms with Crippen LogP contribution in [0.5, 0.6) is 0 Å². The van der Waals surface area contributed by atoms with E-state index in [4.69, 9.17) is 0 Å². The van der Waals surface area contributed by atoms with Crippen molar-refractivity contribution in [1.82, 2.24) is 9.88 Å². The highest BCUT2D eigenvalue weighted by atomic mass is 32.1. The molecule has 0 spiro atoms. The smallest absolute Gasteiger partial charge is 0.341 e. The van der Waals surface area contributed by atoms with Crippen LogP contribution in [0.3, 0.4) is 0 Å². The summed E-state index contributed by atoms with van der Waals surface area (Å²) < 4.78 is 36.0. The largest absolute Gasteiger partial charge is 0.390 e. The van der Waals surface area contributed by atoms with E-state index in [-0.39, 0.29) is 6.54 Å². The average Bonchev–Trinajstić information content (AvgIpc) is 2.72. The Balaban J connectivity index is 2.57. The molecule has 0 fully saturated rings. The predicted molar refractivity (Wildman–Crippen MR) is 59.1 cm³/mol. The molecule has 0 N–H and O–H groups in total. The minimum Gasteiger partial charge on any atom is -0.341 e. The van der Waals surface area contributed by atoms with Crippen LogP contribution in [0.4, 0.5) is 13.2 Å². The second-order valence-corrected chi connectivity index (χ2v) is 4.68. The first-order valence-corrected chi connectivity index (χ1v) is 5.92. The highest BCUT2D eigenvalue weighted by Gasteiger charge is 2.28. The van der Waals surface area contributed by atoms with Crippen molar-refractivity contribution < 1.29 is 18.0 Å². The van der Waals surface area contributed by atoms with Crippen LogP contribution < -0.4 is 0 Å². The molecule has 1 aromatic heterocycles. The number of alkyl halides is 3. The maximum atomic E-state index is 12.0. The van der Waals surface area contributed by atoms with Gasteiger partial charge in [0.15, 0.2) is 0 Å². The molecule has 0 aliphatic heterocycles. The Morgan fingerprint density at radius 2 is 2.18 bits per heavy atom. The van der Waals surface area contributed by atoms with E-state index in [1.807, 2.05) is 6.92 Å². The summed E-state index contributed by atoms with van der Waals surface area (Å²) in [5.41, 5.74) is 0. The number of halogens is 3. The van der Waals surface area contributed by atoms with Gasteiger partial charge in [0.05, 0.1) is 17.6 Å². The number of nitrogens with zero attached hydrogens (tertiary/aromatic N) is 2. The molecule has 96 valence electrons. The van der Waals surface area contributed by atoms with Crippen molar-refractivity contribution in [2.24, 2.45) is 0 Å². The molecule has 0 radical (unpaired) electrons. The molecule has 0 aliphatic rings. The molecule has 0 saturated heterocycles. The molecule has 0 aromatic carbocycles. The first-order valence-electron chi connectivity index (χ1n) is 5.10. The van der Waals surface area contributed by atoms with Crippen LogP contribution in [0.2, 0.25) is 0 Å². The number of rotatable bonds is 4. The Morgan fingerprint density at radius 3 is 2.65 bits per heavy atom. The van der Waals surface area contributed by atoms with Gasteiger partial charge in [0.1, 0.15) is 4.88 Å². The van der Waals surface area contributed by atoms with Crippen LogP contribution in [0.15, 0.2) is 6.20 Å². The number of aromatic nitrogens is 1. The molecule has 1 rings (SSSR count). The number of carbonyl (C=O) groups is 1. The van der Waals surface area contributed by atoms with Crippen LogP contribution >= 0.6 is 11.3 Å². The van der Waals surface area contributed by atoms with Gasteiger partial charge in [-0.3, -0.25) is 4.79 Å².